The highest BCUT2D eigenvalue weighted by atomic mass is 14.9. The van der Waals surface area contributed by atoms with Crippen LogP contribution in [0.3, 0.4) is 0 Å². The topological polar surface area (TPSA) is 12.0 Å². The molecule has 74 valence electrons. The maximum atomic E-state index is 3.51. The average molecular weight is 187 g/mol. The van der Waals surface area contributed by atoms with E-state index in [0.717, 1.165) is 6.42 Å². The first kappa shape index (κ1) is 9.32. The lowest BCUT2D eigenvalue weighted by Crippen LogP contribution is -2.23. The quantitative estimate of drug-likeness (QED) is 0.750. The molecule has 1 heterocycles. The Balaban J connectivity index is 2.03. The van der Waals surface area contributed by atoms with E-state index >= 15 is 0 Å². The molecule has 1 nitrogen and oxygen atoms in total. The molecule has 0 aliphatic carbocycles. The Kier molecular flexibility index (Phi) is 2.58. The van der Waals surface area contributed by atoms with Crippen molar-refractivity contribution in [2.75, 3.05) is 0 Å². The van der Waals surface area contributed by atoms with Gasteiger partial charge in [0, 0.05) is 18.2 Å². The van der Waals surface area contributed by atoms with Gasteiger partial charge in [-0.3, -0.25) is 0 Å². The SMILES string of the molecule is CC1C=C(Cc2ccccc2)NC1C. The molecule has 0 fully saturated rings. The first-order valence-corrected chi connectivity index (χ1v) is 5.27. The summed E-state index contributed by atoms with van der Waals surface area (Å²) < 4.78 is 0. The minimum Gasteiger partial charge on any atom is -0.385 e. The Bertz CT molecular complexity index is 326. The first-order valence-electron chi connectivity index (χ1n) is 5.27. The van der Waals surface area contributed by atoms with Gasteiger partial charge in [0.2, 0.25) is 0 Å². The minimum absolute atomic E-state index is 0.591. The molecule has 1 heteroatoms. The predicted octanol–water partition coefficient (Wildman–Crippen LogP) is 2.74. The third kappa shape index (κ3) is 1.98. The van der Waals surface area contributed by atoms with Crippen molar-refractivity contribution in [1.29, 1.82) is 0 Å². The molecular weight excluding hydrogens is 170 g/mol. The van der Waals surface area contributed by atoms with Crippen molar-refractivity contribution in [3.05, 3.63) is 47.7 Å². The summed E-state index contributed by atoms with van der Waals surface area (Å²) in [5.41, 5.74) is 2.75. The van der Waals surface area contributed by atoms with Crippen LogP contribution in [-0.2, 0) is 6.42 Å². The Hall–Kier alpha value is -1.24. The fourth-order valence-electron chi connectivity index (χ4n) is 1.86. The summed E-state index contributed by atoms with van der Waals surface area (Å²) in [6.45, 7) is 4.49. The van der Waals surface area contributed by atoms with E-state index in [-0.39, 0.29) is 0 Å². The lowest BCUT2D eigenvalue weighted by atomic mass is 10.1. The smallest absolute Gasteiger partial charge is 0.0290 e. The van der Waals surface area contributed by atoms with Gasteiger partial charge in [-0.25, -0.2) is 0 Å². The van der Waals surface area contributed by atoms with Gasteiger partial charge in [0.15, 0.2) is 0 Å². The molecule has 14 heavy (non-hydrogen) atoms. The molecule has 2 unspecified atom stereocenters. The van der Waals surface area contributed by atoms with Crippen molar-refractivity contribution >= 4 is 0 Å². The first-order chi connectivity index (χ1) is 6.75. The fraction of sp³-hybridized carbons (Fsp3) is 0.385. The van der Waals surface area contributed by atoms with Crippen LogP contribution >= 0.6 is 0 Å². The zero-order chi connectivity index (χ0) is 9.97. The summed E-state index contributed by atoms with van der Waals surface area (Å²) in [7, 11) is 0. The highest BCUT2D eigenvalue weighted by Crippen LogP contribution is 2.18. The highest BCUT2D eigenvalue weighted by molar-refractivity contribution is 5.24. The third-order valence-electron chi connectivity index (χ3n) is 2.90. The molecule has 0 radical (unpaired) electrons. The number of benzene rings is 1. The molecule has 1 aromatic rings. The lowest BCUT2D eigenvalue weighted by Gasteiger charge is -2.11. The van der Waals surface area contributed by atoms with Gasteiger partial charge in [0.05, 0.1) is 0 Å². The largest absolute Gasteiger partial charge is 0.385 e. The van der Waals surface area contributed by atoms with E-state index in [1.165, 1.54) is 11.3 Å². The van der Waals surface area contributed by atoms with Crippen LogP contribution in [0.2, 0.25) is 0 Å². The van der Waals surface area contributed by atoms with Gasteiger partial charge < -0.3 is 5.32 Å². The number of allylic oxidation sites excluding steroid dienone is 1. The monoisotopic (exact) mass is 187 g/mol. The number of rotatable bonds is 2. The molecule has 1 aliphatic rings. The third-order valence-corrected chi connectivity index (χ3v) is 2.90. The van der Waals surface area contributed by atoms with Gasteiger partial charge >= 0.3 is 0 Å². The molecule has 0 saturated carbocycles. The van der Waals surface area contributed by atoms with Crippen LogP contribution in [0.5, 0.6) is 0 Å². The molecule has 0 bridgehead atoms. The van der Waals surface area contributed by atoms with Crippen molar-refractivity contribution in [1.82, 2.24) is 5.32 Å². The molecule has 1 aliphatic heterocycles. The van der Waals surface area contributed by atoms with Crippen molar-refractivity contribution in [3.63, 3.8) is 0 Å². The molecule has 0 aromatic heterocycles. The zero-order valence-electron chi connectivity index (χ0n) is 8.83. The summed E-state index contributed by atoms with van der Waals surface area (Å²) in [4.78, 5) is 0. The molecule has 1 N–H and O–H groups in total. The van der Waals surface area contributed by atoms with Crippen molar-refractivity contribution in [2.24, 2.45) is 5.92 Å². The average Bonchev–Trinajstić information content (AvgIpc) is 2.47. The second kappa shape index (κ2) is 3.87. The van der Waals surface area contributed by atoms with Crippen molar-refractivity contribution < 1.29 is 0 Å². The number of hydrogen-bond acceptors (Lipinski definition) is 1. The van der Waals surface area contributed by atoms with E-state index in [1.807, 2.05) is 0 Å². The standard InChI is InChI=1S/C13H17N/c1-10-8-13(14-11(10)2)9-12-6-4-3-5-7-12/h3-8,10-11,14H,9H2,1-2H3. The second-order valence-electron chi connectivity index (χ2n) is 4.15. The summed E-state index contributed by atoms with van der Waals surface area (Å²) in [6, 6.07) is 11.2. The summed E-state index contributed by atoms with van der Waals surface area (Å²) in [5, 5.41) is 3.51. The Morgan fingerprint density at radius 2 is 1.86 bits per heavy atom. The molecule has 1 aromatic carbocycles. The van der Waals surface area contributed by atoms with Crippen LogP contribution in [0, 0.1) is 5.92 Å². The molecule has 0 spiro atoms. The normalized spacial score (nSPS) is 25.7. The summed E-state index contributed by atoms with van der Waals surface area (Å²) >= 11 is 0. The van der Waals surface area contributed by atoms with Crippen molar-refractivity contribution in [2.45, 2.75) is 26.3 Å². The Morgan fingerprint density at radius 3 is 2.43 bits per heavy atom. The summed E-state index contributed by atoms with van der Waals surface area (Å²) in [6.07, 6.45) is 3.38. The molecule has 2 atom stereocenters. The maximum Gasteiger partial charge on any atom is 0.0290 e. The van der Waals surface area contributed by atoms with E-state index in [9.17, 15) is 0 Å². The van der Waals surface area contributed by atoms with E-state index in [0.29, 0.717) is 12.0 Å². The predicted molar refractivity (Wildman–Crippen MR) is 60.0 cm³/mol. The highest BCUT2D eigenvalue weighted by Gasteiger charge is 2.18. The van der Waals surface area contributed by atoms with Gasteiger partial charge in [-0.05, 0) is 18.4 Å². The van der Waals surface area contributed by atoms with E-state index in [1.54, 1.807) is 0 Å². The minimum atomic E-state index is 0.591. The van der Waals surface area contributed by atoms with Crippen LogP contribution < -0.4 is 5.32 Å². The molecule has 2 rings (SSSR count). The zero-order valence-corrected chi connectivity index (χ0v) is 8.83. The molecule has 0 amide bonds. The van der Waals surface area contributed by atoms with Crippen LogP contribution in [0.1, 0.15) is 19.4 Å². The van der Waals surface area contributed by atoms with Crippen LogP contribution in [-0.4, -0.2) is 6.04 Å². The van der Waals surface area contributed by atoms with E-state index in [2.05, 4.69) is 55.6 Å². The van der Waals surface area contributed by atoms with Gasteiger partial charge in [0.1, 0.15) is 0 Å². The van der Waals surface area contributed by atoms with Gasteiger partial charge in [-0.15, -0.1) is 0 Å². The summed E-state index contributed by atoms with van der Waals surface area (Å²) in [5.74, 6) is 0.661. The lowest BCUT2D eigenvalue weighted by molar-refractivity contribution is 0.546. The molecular formula is C13H17N. The Labute approximate surface area is 85.8 Å². The van der Waals surface area contributed by atoms with E-state index in [4.69, 9.17) is 0 Å². The molecule has 0 saturated heterocycles. The van der Waals surface area contributed by atoms with Gasteiger partial charge in [-0.2, -0.15) is 0 Å². The van der Waals surface area contributed by atoms with Gasteiger partial charge in [-0.1, -0.05) is 43.3 Å². The van der Waals surface area contributed by atoms with Crippen LogP contribution in [0.15, 0.2) is 42.1 Å². The maximum absolute atomic E-state index is 3.51. The second-order valence-corrected chi connectivity index (χ2v) is 4.15. The van der Waals surface area contributed by atoms with Crippen LogP contribution in [0.25, 0.3) is 0 Å². The number of hydrogen-bond donors (Lipinski definition) is 1. The Morgan fingerprint density at radius 1 is 1.14 bits per heavy atom. The van der Waals surface area contributed by atoms with Crippen molar-refractivity contribution in [3.8, 4) is 0 Å². The number of nitrogens with one attached hydrogen (secondary N) is 1. The van der Waals surface area contributed by atoms with E-state index < -0.39 is 0 Å². The fourth-order valence-corrected chi connectivity index (χ4v) is 1.86. The van der Waals surface area contributed by atoms with Crippen LogP contribution in [0.4, 0.5) is 0 Å². The van der Waals surface area contributed by atoms with Gasteiger partial charge in [0.25, 0.3) is 0 Å².